The van der Waals surface area contributed by atoms with Crippen LogP contribution in [0.3, 0.4) is 0 Å². The number of amides is 1. The monoisotopic (exact) mass is 351 g/mol. The molecule has 3 rings (SSSR count). The number of nitrogens with one attached hydrogen (secondary N) is 1. The minimum Gasteiger partial charge on any atom is -0.427 e. The van der Waals surface area contributed by atoms with Crippen molar-refractivity contribution in [3.63, 3.8) is 0 Å². The van der Waals surface area contributed by atoms with Crippen LogP contribution in [0, 0.1) is 5.41 Å². The van der Waals surface area contributed by atoms with Gasteiger partial charge in [0.25, 0.3) is 5.91 Å². The highest BCUT2D eigenvalue weighted by Gasteiger charge is 2.35. The van der Waals surface area contributed by atoms with Gasteiger partial charge < -0.3 is 10.1 Å². The van der Waals surface area contributed by atoms with Crippen molar-refractivity contribution in [3.8, 4) is 5.75 Å². The zero-order valence-electron chi connectivity index (χ0n) is 14.9. The van der Waals surface area contributed by atoms with Crippen molar-refractivity contribution in [1.82, 2.24) is 5.32 Å². The Hall–Kier alpha value is -2.62. The van der Waals surface area contributed by atoms with E-state index in [-0.39, 0.29) is 17.3 Å². The van der Waals surface area contributed by atoms with E-state index in [0.717, 1.165) is 25.7 Å². The highest BCUT2D eigenvalue weighted by molar-refractivity contribution is 5.94. The van der Waals surface area contributed by atoms with E-state index < -0.39 is 0 Å². The van der Waals surface area contributed by atoms with Crippen LogP contribution in [0.5, 0.6) is 5.75 Å². The lowest BCUT2D eigenvalue weighted by Crippen LogP contribution is -2.41. The Labute approximate surface area is 154 Å². The summed E-state index contributed by atoms with van der Waals surface area (Å²) in [6, 6.07) is 18.3. The molecule has 1 fully saturated rings. The van der Waals surface area contributed by atoms with Crippen molar-refractivity contribution in [2.45, 2.75) is 38.5 Å². The molecule has 4 nitrogen and oxygen atoms in total. The van der Waals surface area contributed by atoms with Crippen LogP contribution >= 0.6 is 0 Å². The van der Waals surface area contributed by atoms with Crippen LogP contribution in [-0.4, -0.2) is 18.4 Å². The number of carbonyl (C=O) groups is 2. The van der Waals surface area contributed by atoms with Crippen molar-refractivity contribution in [1.29, 1.82) is 0 Å². The van der Waals surface area contributed by atoms with Crippen LogP contribution in [0.25, 0.3) is 0 Å². The average Bonchev–Trinajstić information content (AvgIpc) is 2.68. The Bertz CT molecular complexity index is 722. The van der Waals surface area contributed by atoms with Crippen molar-refractivity contribution in [3.05, 3.63) is 66.2 Å². The number of para-hydroxylation sites is 1. The quantitative estimate of drug-likeness (QED) is 0.621. The molecule has 0 bridgehead atoms. The Morgan fingerprint density at radius 3 is 2.15 bits per heavy atom. The summed E-state index contributed by atoms with van der Waals surface area (Å²) in [6.07, 6.45) is 5.55. The molecule has 0 saturated heterocycles. The standard InChI is InChI=1S/C22H25NO3/c24-20(26-19-12-6-2-7-13-19)16-22(14-8-3-9-15-22)17-23-21(25)18-10-4-1-5-11-18/h1-2,4-7,10-13H,3,8-9,14-17H2,(H,23,25). The summed E-state index contributed by atoms with van der Waals surface area (Å²) in [5.74, 6) is 0.246. The van der Waals surface area contributed by atoms with Gasteiger partial charge in [0, 0.05) is 12.1 Å². The zero-order valence-corrected chi connectivity index (χ0v) is 14.9. The van der Waals surface area contributed by atoms with E-state index in [9.17, 15) is 9.59 Å². The van der Waals surface area contributed by atoms with E-state index >= 15 is 0 Å². The predicted molar refractivity (Wildman–Crippen MR) is 101 cm³/mol. The molecule has 4 heteroatoms. The molecule has 2 aromatic carbocycles. The second kappa shape index (κ2) is 8.65. The molecule has 0 spiro atoms. The van der Waals surface area contributed by atoms with Crippen molar-refractivity contribution in [2.24, 2.45) is 5.41 Å². The molecule has 0 radical (unpaired) electrons. The Morgan fingerprint density at radius 2 is 1.50 bits per heavy atom. The highest BCUT2D eigenvalue weighted by Crippen LogP contribution is 2.39. The van der Waals surface area contributed by atoms with Crippen LogP contribution in [0.15, 0.2) is 60.7 Å². The fourth-order valence-electron chi connectivity index (χ4n) is 3.64. The molecule has 0 aliphatic heterocycles. The van der Waals surface area contributed by atoms with Crippen molar-refractivity contribution >= 4 is 11.9 Å². The van der Waals surface area contributed by atoms with Crippen molar-refractivity contribution in [2.75, 3.05) is 6.54 Å². The van der Waals surface area contributed by atoms with E-state index in [1.54, 1.807) is 24.3 Å². The van der Waals surface area contributed by atoms with Crippen molar-refractivity contribution < 1.29 is 14.3 Å². The van der Waals surface area contributed by atoms with Gasteiger partial charge in [0.1, 0.15) is 5.75 Å². The van der Waals surface area contributed by atoms with Gasteiger partial charge in [0.05, 0.1) is 6.42 Å². The maximum Gasteiger partial charge on any atom is 0.311 e. The van der Waals surface area contributed by atoms with E-state index in [1.807, 2.05) is 36.4 Å². The third-order valence-electron chi connectivity index (χ3n) is 5.07. The Balaban J connectivity index is 1.62. The van der Waals surface area contributed by atoms with Crippen LogP contribution in [0.1, 0.15) is 48.9 Å². The number of esters is 1. The summed E-state index contributed by atoms with van der Waals surface area (Å²) in [5, 5.41) is 3.03. The van der Waals surface area contributed by atoms with Crippen LogP contribution in [0.4, 0.5) is 0 Å². The molecule has 1 aliphatic rings. The van der Waals surface area contributed by atoms with Gasteiger partial charge in [-0.25, -0.2) is 0 Å². The van der Waals surface area contributed by atoms with Gasteiger partial charge in [-0.15, -0.1) is 0 Å². The van der Waals surface area contributed by atoms with Gasteiger partial charge >= 0.3 is 5.97 Å². The van der Waals surface area contributed by atoms with Gasteiger partial charge in [0.15, 0.2) is 0 Å². The summed E-state index contributed by atoms with van der Waals surface area (Å²) in [4.78, 5) is 24.8. The fraction of sp³-hybridized carbons (Fsp3) is 0.364. The molecule has 0 aromatic heterocycles. The van der Waals surface area contributed by atoms with Gasteiger partial charge in [-0.05, 0) is 42.5 Å². The number of hydrogen-bond acceptors (Lipinski definition) is 3. The van der Waals surface area contributed by atoms with E-state index in [0.29, 0.717) is 24.3 Å². The second-order valence-electron chi connectivity index (χ2n) is 7.07. The summed E-state index contributed by atoms with van der Waals surface area (Å²) in [6.45, 7) is 0.505. The van der Waals surface area contributed by atoms with Crippen LogP contribution in [-0.2, 0) is 4.79 Å². The number of carbonyl (C=O) groups excluding carboxylic acids is 2. The van der Waals surface area contributed by atoms with Crippen LogP contribution < -0.4 is 10.1 Å². The number of benzene rings is 2. The molecule has 2 aromatic rings. The molecule has 1 N–H and O–H groups in total. The smallest absolute Gasteiger partial charge is 0.311 e. The minimum atomic E-state index is -0.230. The molecule has 26 heavy (non-hydrogen) atoms. The normalized spacial score (nSPS) is 15.8. The predicted octanol–water partition coefficient (Wildman–Crippen LogP) is 4.36. The SMILES string of the molecule is O=C(CC1(CNC(=O)c2ccccc2)CCCCC1)Oc1ccccc1. The molecule has 136 valence electrons. The summed E-state index contributed by atoms with van der Waals surface area (Å²) in [5.41, 5.74) is 0.430. The van der Waals surface area contributed by atoms with Gasteiger partial charge in [-0.2, -0.15) is 0 Å². The summed E-state index contributed by atoms with van der Waals surface area (Å²) < 4.78 is 5.48. The first-order valence-corrected chi connectivity index (χ1v) is 9.26. The first kappa shape index (κ1) is 18.2. The molecule has 0 heterocycles. The van der Waals surface area contributed by atoms with E-state index in [4.69, 9.17) is 4.74 Å². The first-order chi connectivity index (χ1) is 12.7. The van der Waals surface area contributed by atoms with Gasteiger partial charge in [-0.3, -0.25) is 9.59 Å². The Kier molecular flexibility index (Phi) is 6.05. The highest BCUT2D eigenvalue weighted by atomic mass is 16.5. The lowest BCUT2D eigenvalue weighted by Gasteiger charge is -2.36. The second-order valence-corrected chi connectivity index (χ2v) is 7.07. The van der Waals surface area contributed by atoms with Gasteiger partial charge in [-0.1, -0.05) is 55.7 Å². The number of ether oxygens (including phenoxy) is 1. The van der Waals surface area contributed by atoms with E-state index in [1.165, 1.54) is 6.42 Å². The molecule has 1 saturated carbocycles. The molecule has 0 unspecified atom stereocenters. The molecular formula is C22H25NO3. The summed E-state index contributed by atoms with van der Waals surface area (Å²) >= 11 is 0. The lowest BCUT2D eigenvalue weighted by molar-refractivity contribution is -0.137. The third-order valence-corrected chi connectivity index (χ3v) is 5.07. The maximum absolute atomic E-state index is 12.5. The molecule has 0 atom stereocenters. The Morgan fingerprint density at radius 1 is 0.885 bits per heavy atom. The number of rotatable bonds is 6. The lowest BCUT2D eigenvalue weighted by atomic mass is 9.71. The van der Waals surface area contributed by atoms with E-state index in [2.05, 4.69) is 5.32 Å². The van der Waals surface area contributed by atoms with Gasteiger partial charge in [0.2, 0.25) is 0 Å². The third kappa shape index (κ3) is 4.94. The average molecular weight is 351 g/mol. The first-order valence-electron chi connectivity index (χ1n) is 9.26. The molecular weight excluding hydrogens is 326 g/mol. The zero-order chi connectivity index (χ0) is 18.2. The molecule has 1 amide bonds. The minimum absolute atomic E-state index is 0.0908. The molecule has 1 aliphatic carbocycles. The topological polar surface area (TPSA) is 55.4 Å². The fourth-order valence-corrected chi connectivity index (χ4v) is 3.64. The maximum atomic E-state index is 12.5. The summed E-state index contributed by atoms with van der Waals surface area (Å²) in [7, 11) is 0. The largest absolute Gasteiger partial charge is 0.427 e. The number of hydrogen-bond donors (Lipinski definition) is 1. The van der Waals surface area contributed by atoms with Crippen LogP contribution in [0.2, 0.25) is 0 Å².